The van der Waals surface area contributed by atoms with E-state index >= 15 is 0 Å². The minimum absolute atomic E-state index is 0.0396. The average Bonchev–Trinajstić information content (AvgIpc) is 2.28. The summed E-state index contributed by atoms with van der Waals surface area (Å²) in [6, 6.07) is 7.93. The third kappa shape index (κ3) is 5.19. The van der Waals surface area contributed by atoms with E-state index in [2.05, 4.69) is 31.1 Å². The Kier molecular flexibility index (Phi) is 5.65. The van der Waals surface area contributed by atoms with Crippen molar-refractivity contribution in [1.29, 1.82) is 0 Å². The van der Waals surface area contributed by atoms with Gasteiger partial charge in [-0.2, -0.15) is 0 Å². The fourth-order valence-corrected chi connectivity index (χ4v) is 1.58. The highest BCUT2D eigenvalue weighted by atomic mass is 16.1. The molecule has 1 aromatic carbocycles. The molecular weight excluding hydrogens is 226 g/mol. The molecule has 0 saturated carbocycles. The highest BCUT2D eigenvalue weighted by molar-refractivity contribution is 5.78. The summed E-state index contributed by atoms with van der Waals surface area (Å²) in [6.07, 6.45) is 0.385. The van der Waals surface area contributed by atoms with Crippen LogP contribution in [0, 0.1) is 0 Å². The number of hydrogen-bond acceptors (Lipinski definition) is 3. The molecule has 1 amide bonds. The number of carbonyl (C=O) groups is 1. The highest BCUT2D eigenvalue weighted by Gasteiger charge is 2.05. The largest absolute Gasteiger partial charge is 0.399 e. The van der Waals surface area contributed by atoms with Crippen LogP contribution in [-0.4, -0.2) is 37.0 Å². The number of likely N-dealkylation sites (N-methyl/N-ethyl adjacent to an activating group) is 1. The Morgan fingerprint density at radius 1 is 1.44 bits per heavy atom. The van der Waals surface area contributed by atoms with Crippen LogP contribution in [0.4, 0.5) is 5.69 Å². The van der Waals surface area contributed by atoms with Crippen molar-refractivity contribution < 1.29 is 4.79 Å². The molecule has 4 heteroatoms. The van der Waals surface area contributed by atoms with E-state index in [0.29, 0.717) is 24.7 Å². The summed E-state index contributed by atoms with van der Waals surface area (Å²) < 4.78 is 0. The summed E-state index contributed by atoms with van der Waals surface area (Å²) in [5.41, 5.74) is 7.31. The number of nitrogens with one attached hydrogen (secondary N) is 1. The van der Waals surface area contributed by atoms with Crippen molar-refractivity contribution in [3.05, 3.63) is 29.8 Å². The molecule has 0 atom stereocenters. The molecule has 0 bridgehead atoms. The zero-order valence-electron chi connectivity index (χ0n) is 11.4. The molecule has 0 fully saturated rings. The van der Waals surface area contributed by atoms with Gasteiger partial charge in [-0.25, -0.2) is 0 Å². The van der Waals surface area contributed by atoms with Gasteiger partial charge in [-0.1, -0.05) is 12.1 Å². The SMILES string of the molecule is CC(C)N(C)CCNC(=O)Cc1cccc(N)c1. The first-order valence-electron chi connectivity index (χ1n) is 6.30. The van der Waals surface area contributed by atoms with E-state index in [0.717, 1.165) is 12.1 Å². The molecule has 0 spiro atoms. The third-order valence-corrected chi connectivity index (χ3v) is 2.98. The molecule has 0 radical (unpaired) electrons. The van der Waals surface area contributed by atoms with Crippen LogP contribution in [0.15, 0.2) is 24.3 Å². The van der Waals surface area contributed by atoms with Crippen molar-refractivity contribution in [1.82, 2.24) is 10.2 Å². The zero-order valence-corrected chi connectivity index (χ0v) is 11.4. The average molecular weight is 249 g/mol. The van der Waals surface area contributed by atoms with Crippen LogP contribution in [-0.2, 0) is 11.2 Å². The maximum atomic E-state index is 11.7. The van der Waals surface area contributed by atoms with Gasteiger partial charge in [0.25, 0.3) is 0 Å². The van der Waals surface area contributed by atoms with E-state index in [1.54, 1.807) is 0 Å². The van der Waals surface area contributed by atoms with Gasteiger partial charge in [0.1, 0.15) is 0 Å². The first-order valence-corrected chi connectivity index (χ1v) is 6.30. The number of rotatable bonds is 6. The van der Waals surface area contributed by atoms with Crippen LogP contribution in [0.3, 0.4) is 0 Å². The quantitative estimate of drug-likeness (QED) is 0.746. The number of amides is 1. The van der Waals surface area contributed by atoms with Crippen LogP contribution in [0.25, 0.3) is 0 Å². The first-order chi connectivity index (χ1) is 8.49. The highest BCUT2D eigenvalue weighted by Crippen LogP contribution is 2.06. The molecule has 0 aliphatic carbocycles. The molecule has 1 aromatic rings. The van der Waals surface area contributed by atoms with E-state index in [1.165, 1.54) is 0 Å². The van der Waals surface area contributed by atoms with E-state index in [4.69, 9.17) is 5.73 Å². The maximum absolute atomic E-state index is 11.7. The van der Waals surface area contributed by atoms with Gasteiger partial charge >= 0.3 is 0 Å². The van der Waals surface area contributed by atoms with Crippen LogP contribution in [0.2, 0.25) is 0 Å². The summed E-state index contributed by atoms with van der Waals surface area (Å²) >= 11 is 0. The van der Waals surface area contributed by atoms with Crippen molar-refractivity contribution in [3.8, 4) is 0 Å². The van der Waals surface area contributed by atoms with Gasteiger partial charge in [0, 0.05) is 24.8 Å². The topological polar surface area (TPSA) is 58.4 Å². The van der Waals surface area contributed by atoms with Gasteiger partial charge in [-0.05, 0) is 38.6 Å². The second kappa shape index (κ2) is 7.01. The standard InChI is InChI=1S/C14H23N3O/c1-11(2)17(3)8-7-16-14(18)10-12-5-4-6-13(15)9-12/h4-6,9,11H,7-8,10,15H2,1-3H3,(H,16,18). The molecule has 0 heterocycles. The van der Waals surface area contributed by atoms with Gasteiger partial charge in [0.2, 0.25) is 5.91 Å². The summed E-state index contributed by atoms with van der Waals surface area (Å²) in [5, 5.41) is 2.91. The van der Waals surface area contributed by atoms with Crippen LogP contribution in [0.5, 0.6) is 0 Å². The number of nitrogens with two attached hydrogens (primary N) is 1. The molecule has 1 rings (SSSR count). The van der Waals surface area contributed by atoms with E-state index in [-0.39, 0.29) is 5.91 Å². The molecule has 0 saturated heterocycles. The lowest BCUT2D eigenvalue weighted by molar-refractivity contribution is -0.120. The number of benzene rings is 1. The van der Waals surface area contributed by atoms with Crippen LogP contribution < -0.4 is 11.1 Å². The molecule has 18 heavy (non-hydrogen) atoms. The zero-order chi connectivity index (χ0) is 13.5. The van der Waals surface area contributed by atoms with Crippen molar-refractivity contribution >= 4 is 11.6 Å². The van der Waals surface area contributed by atoms with Gasteiger partial charge in [-0.15, -0.1) is 0 Å². The Bertz CT molecular complexity index is 390. The van der Waals surface area contributed by atoms with Crippen molar-refractivity contribution in [2.45, 2.75) is 26.3 Å². The number of nitrogens with zero attached hydrogens (tertiary/aromatic N) is 1. The molecule has 100 valence electrons. The van der Waals surface area contributed by atoms with Gasteiger partial charge < -0.3 is 16.0 Å². The Balaban J connectivity index is 2.30. The second-order valence-electron chi connectivity index (χ2n) is 4.85. The Labute approximate surface area is 109 Å². The lowest BCUT2D eigenvalue weighted by atomic mass is 10.1. The lowest BCUT2D eigenvalue weighted by Crippen LogP contribution is -2.36. The monoisotopic (exact) mass is 249 g/mol. The van der Waals surface area contributed by atoms with Gasteiger partial charge in [0.15, 0.2) is 0 Å². The van der Waals surface area contributed by atoms with Gasteiger partial charge in [0.05, 0.1) is 6.42 Å². The fraction of sp³-hybridized carbons (Fsp3) is 0.500. The van der Waals surface area contributed by atoms with E-state index in [1.807, 2.05) is 24.3 Å². The smallest absolute Gasteiger partial charge is 0.224 e. The summed E-state index contributed by atoms with van der Waals surface area (Å²) in [7, 11) is 2.05. The maximum Gasteiger partial charge on any atom is 0.224 e. The molecule has 0 unspecified atom stereocenters. The predicted molar refractivity (Wildman–Crippen MR) is 75.3 cm³/mol. The summed E-state index contributed by atoms with van der Waals surface area (Å²) in [6.45, 7) is 5.80. The van der Waals surface area contributed by atoms with Gasteiger partial charge in [-0.3, -0.25) is 4.79 Å². The summed E-state index contributed by atoms with van der Waals surface area (Å²) in [4.78, 5) is 13.9. The number of anilines is 1. The second-order valence-corrected chi connectivity index (χ2v) is 4.85. The predicted octanol–water partition coefficient (Wildman–Crippen LogP) is 1.27. The fourth-order valence-electron chi connectivity index (χ4n) is 1.58. The van der Waals surface area contributed by atoms with E-state index in [9.17, 15) is 4.79 Å². The normalized spacial score (nSPS) is 10.9. The Morgan fingerprint density at radius 3 is 2.78 bits per heavy atom. The number of hydrogen-bond donors (Lipinski definition) is 2. The molecule has 4 nitrogen and oxygen atoms in total. The van der Waals surface area contributed by atoms with Crippen molar-refractivity contribution in [3.63, 3.8) is 0 Å². The Morgan fingerprint density at radius 2 is 2.17 bits per heavy atom. The number of nitrogen functional groups attached to an aromatic ring is 1. The Hall–Kier alpha value is -1.55. The van der Waals surface area contributed by atoms with Crippen molar-refractivity contribution in [2.75, 3.05) is 25.9 Å². The minimum atomic E-state index is 0.0396. The van der Waals surface area contributed by atoms with Crippen molar-refractivity contribution in [2.24, 2.45) is 0 Å². The molecular formula is C14H23N3O. The van der Waals surface area contributed by atoms with Crippen LogP contribution in [0.1, 0.15) is 19.4 Å². The molecule has 0 aromatic heterocycles. The molecule has 0 aliphatic rings. The third-order valence-electron chi connectivity index (χ3n) is 2.98. The molecule has 3 N–H and O–H groups in total. The minimum Gasteiger partial charge on any atom is -0.399 e. The van der Waals surface area contributed by atoms with E-state index < -0.39 is 0 Å². The summed E-state index contributed by atoms with van der Waals surface area (Å²) in [5.74, 6) is 0.0396. The first kappa shape index (κ1) is 14.5. The van der Waals surface area contributed by atoms with Crippen LogP contribution >= 0.6 is 0 Å². The molecule has 0 aliphatic heterocycles. The number of carbonyl (C=O) groups excluding carboxylic acids is 1. The lowest BCUT2D eigenvalue weighted by Gasteiger charge is -2.20.